The Morgan fingerprint density at radius 3 is 2.42 bits per heavy atom. The molecule has 0 fully saturated rings. The molecule has 4 nitrogen and oxygen atoms in total. The first-order chi connectivity index (χ1) is 15.0. The number of rotatable bonds is 5. The van der Waals surface area contributed by atoms with Crippen molar-refractivity contribution >= 4 is 22.5 Å². The molecule has 1 heterocycles. The zero-order valence-corrected chi connectivity index (χ0v) is 18.3. The highest BCUT2D eigenvalue weighted by atomic mass is 16.5. The molecule has 3 aromatic carbocycles. The van der Waals surface area contributed by atoms with Crippen LogP contribution in [0, 0.1) is 13.8 Å². The number of ether oxygens (including phenoxy) is 1. The van der Waals surface area contributed by atoms with Crippen LogP contribution in [-0.2, 0) is 6.42 Å². The maximum atomic E-state index is 13.6. The minimum atomic E-state index is -0.116. The number of amides is 1. The Morgan fingerprint density at radius 1 is 0.968 bits per heavy atom. The van der Waals surface area contributed by atoms with Gasteiger partial charge in [0, 0.05) is 16.6 Å². The number of para-hydroxylation sites is 2. The Kier molecular flexibility index (Phi) is 5.72. The van der Waals surface area contributed by atoms with Crippen molar-refractivity contribution in [1.82, 2.24) is 4.98 Å². The van der Waals surface area contributed by atoms with Gasteiger partial charge in [0.2, 0.25) is 0 Å². The number of hydrogen-bond donors (Lipinski definition) is 1. The van der Waals surface area contributed by atoms with Crippen molar-refractivity contribution in [2.24, 2.45) is 0 Å². The van der Waals surface area contributed by atoms with E-state index < -0.39 is 0 Å². The third-order valence-electron chi connectivity index (χ3n) is 5.70. The monoisotopic (exact) mass is 410 g/mol. The molecule has 4 heteroatoms. The van der Waals surface area contributed by atoms with Crippen LogP contribution in [0.25, 0.3) is 22.2 Å². The third kappa shape index (κ3) is 3.89. The lowest BCUT2D eigenvalue weighted by atomic mass is 9.96. The predicted octanol–water partition coefficient (Wildman–Crippen LogP) is 6.34. The molecule has 0 unspecified atom stereocenters. The number of hydrogen-bond acceptors (Lipinski definition) is 3. The van der Waals surface area contributed by atoms with Gasteiger partial charge in [-0.1, -0.05) is 43.3 Å². The molecule has 0 saturated heterocycles. The largest absolute Gasteiger partial charge is 0.497 e. The van der Waals surface area contributed by atoms with Crippen LogP contribution in [0.1, 0.15) is 34.0 Å². The number of nitrogens with zero attached hydrogens (tertiary/aromatic N) is 1. The van der Waals surface area contributed by atoms with Crippen LogP contribution in [0.2, 0.25) is 0 Å². The molecule has 0 spiro atoms. The smallest absolute Gasteiger partial charge is 0.256 e. The van der Waals surface area contributed by atoms with E-state index in [1.807, 2.05) is 74.5 Å². The molecule has 0 aliphatic rings. The molecule has 0 atom stereocenters. The van der Waals surface area contributed by atoms with Crippen molar-refractivity contribution in [2.75, 3.05) is 12.4 Å². The lowest BCUT2D eigenvalue weighted by Crippen LogP contribution is -2.17. The normalized spacial score (nSPS) is 10.8. The summed E-state index contributed by atoms with van der Waals surface area (Å²) in [6.45, 7) is 6.08. The van der Waals surface area contributed by atoms with Crippen molar-refractivity contribution in [3.63, 3.8) is 0 Å². The van der Waals surface area contributed by atoms with E-state index in [4.69, 9.17) is 9.72 Å². The van der Waals surface area contributed by atoms with Crippen molar-refractivity contribution < 1.29 is 9.53 Å². The topological polar surface area (TPSA) is 51.2 Å². The summed E-state index contributed by atoms with van der Waals surface area (Å²) in [7, 11) is 1.65. The third-order valence-corrected chi connectivity index (χ3v) is 5.70. The molecule has 1 amide bonds. The number of aryl methyl sites for hydroxylation is 2. The van der Waals surface area contributed by atoms with E-state index in [1.54, 1.807) is 7.11 Å². The van der Waals surface area contributed by atoms with Gasteiger partial charge in [0.1, 0.15) is 5.75 Å². The second kappa shape index (κ2) is 8.60. The summed E-state index contributed by atoms with van der Waals surface area (Å²) in [5.74, 6) is 0.668. The van der Waals surface area contributed by atoms with E-state index in [0.717, 1.165) is 56.7 Å². The van der Waals surface area contributed by atoms with Gasteiger partial charge in [0.05, 0.1) is 23.9 Å². The van der Waals surface area contributed by atoms with Gasteiger partial charge in [-0.15, -0.1) is 0 Å². The average molecular weight is 411 g/mol. The highest BCUT2D eigenvalue weighted by molar-refractivity contribution is 6.14. The molecule has 31 heavy (non-hydrogen) atoms. The second-order valence-corrected chi connectivity index (χ2v) is 7.62. The van der Waals surface area contributed by atoms with E-state index in [1.165, 1.54) is 0 Å². The van der Waals surface area contributed by atoms with Crippen LogP contribution in [-0.4, -0.2) is 18.0 Å². The summed E-state index contributed by atoms with van der Waals surface area (Å²) in [6.07, 6.45) is 0.852. The SMILES string of the molecule is CCc1cccc(C)c1NC(=O)c1c(C)c(-c2ccc(OC)cc2)nc2ccccc12. The Bertz CT molecular complexity index is 1260. The van der Waals surface area contributed by atoms with Gasteiger partial charge < -0.3 is 10.1 Å². The Morgan fingerprint density at radius 2 is 1.71 bits per heavy atom. The molecule has 156 valence electrons. The number of anilines is 1. The number of aromatic nitrogens is 1. The lowest BCUT2D eigenvalue weighted by molar-refractivity contribution is 0.102. The van der Waals surface area contributed by atoms with Crippen LogP contribution in [0.15, 0.2) is 66.7 Å². The van der Waals surface area contributed by atoms with E-state index >= 15 is 0 Å². The van der Waals surface area contributed by atoms with Gasteiger partial charge in [0.25, 0.3) is 5.91 Å². The molecule has 4 aromatic rings. The first kappa shape index (κ1) is 20.6. The number of pyridine rings is 1. The predicted molar refractivity (Wildman–Crippen MR) is 127 cm³/mol. The number of carbonyl (C=O) groups is 1. The van der Waals surface area contributed by atoms with Gasteiger partial charge >= 0.3 is 0 Å². The Labute approximate surface area is 182 Å². The highest BCUT2D eigenvalue weighted by Gasteiger charge is 2.20. The number of benzene rings is 3. The fourth-order valence-corrected chi connectivity index (χ4v) is 4.01. The molecule has 0 saturated carbocycles. The summed E-state index contributed by atoms with van der Waals surface area (Å²) in [5, 5.41) is 4.04. The van der Waals surface area contributed by atoms with E-state index in [-0.39, 0.29) is 5.91 Å². The molecule has 1 N–H and O–H groups in total. The molecular weight excluding hydrogens is 384 g/mol. The Hall–Kier alpha value is -3.66. The van der Waals surface area contributed by atoms with Crippen LogP contribution < -0.4 is 10.1 Å². The fourth-order valence-electron chi connectivity index (χ4n) is 4.01. The molecule has 0 aliphatic heterocycles. The van der Waals surface area contributed by atoms with Crippen LogP contribution >= 0.6 is 0 Å². The van der Waals surface area contributed by atoms with Gasteiger partial charge in [-0.2, -0.15) is 0 Å². The second-order valence-electron chi connectivity index (χ2n) is 7.62. The average Bonchev–Trinajstić information content (AvgIpc) is 2.80. The summed E-state index contributed by atoms with van der Waals surface area (Å²) in [5.41, 5.74) is 7.12. The summed E-state index contributed by atoms with van der Waals surface area (Å²) in [4.78, 5) is 18.5. The first-order valence-corrected chi connectivity index (χ1v) is 10.5. The van der Waals surface area contributed by atoms with Gasteiger partial charge in [-0.25, -0.2) is 4.98 Å². The van der Waals surface area contributed by atoms with Gasteiger partial charge in [-0.3, -0.25) is 4.79 Å². The van der Waals surface area contributed by atoms with Crippen molar-refractivity contribution in [2.45, 2.75) is 27.2 Å². The van der Waals surface area contributed by atoms with Crippen LogP contribution in [0.5, 0.6) is 5.75 Å². The lowest BCUT2D eigenvalue weighted by Gasteiger charge is -2.17. The summed E-state index contributed by atoms with van der Waals surface area (Å²) in [6, 6.07) is 21.7. The number of nitrogens with one attached hydrogen (secondary N) is 1. The molecule has 1 aromatic heterocycles. The maximum absolute atomic E-state index is 13.6. The van der Waals surface area contributed by atoms with Gasteiger partial charge in [0.15, 0.2) is 0 Å². The molecule has 0 radical (unpaired) electrons. The minimum Gasteiger partial charge on any atom is -0.497 e. The summed E-state index contributed by atoms with van der Waals surface area (Å²) >= 11 is 0. The quantitative estimate of drug-likeness (QED) is 0.417. The number of fused-ring (bicyclic) bond motifs is 1. The zero-order chi connectivity index (χ0) is 22.0. The molecule has 4 rings (SSSR count). The molecule has 0 bridgehead atoms. The van der Waals surface area contributed by atoms with Crippen molar-refractivity contribution in [3.8, 4) is 17.0 Å². The number of methoxy groups -OCH3 is 1. The van der Waals surface area contributed by atoms with Crippen molar-refractivity contribution in [3.05, 3.63) is 89.0 Å². The molecule has 0 aliphatic carbocycles. The van der Waals surface area contributed by atoms with Gasteiger partial charge in [-0.05, 0) is 67.3 Å². The van der Waals surface area contributed by atoms with Crippen LogP contribution in [0.4, 0.5) is 5.69 Å². The number of carbonyl (C=O) groups excluding carboxylic acids is 1. The van der Waals surface area contributed by atoms with E-state index in [0.29, 0.717) is 5.56 Å². The van der Waals surface area contributed by atoms with E-state index in [2.05, 4.69) is 18.3 Å². The standard InChI is InChI=1S/C27H26N2O2/c1-5-19-10-8-9-17(2)25(19)29-27(30)24-18(3)26(20-13-15-21(31-4)16-14-20)28-23-12-7-6-11-22(23)24/h6-16H,5H2,1-4H3,(H,29,30). The molecular formula is C27H26N2O2. The first-order valence-electron chi connectivity index (χ1n) is 10.5. The fraction of sp³-hybridized carbons (Fsp3) is 0.185. The van der Waals surface area contributed by atoms with Crippen molar-refractivity contribution in [1.29, 1.82) is 0 Å². The minimum absolute atomic E-state index is 0.116. The van der Waals surface area contributed by atoms with E-state index in [9.17, 15) is 4.79 Å². The van der Waals surface area contributed by atoms with Crippen LogP contribution in [0.3, 0.4) is 0 Å². The Balaban J connectivity index is 1.87. The summed E-state index contributed by atoms with van der Waals surface area (Å²) < 4.78 is 5.28. The maximum Gasteiger partial charge on any atom is 0.256 e. The highest BCUT2D eigenvalue weighted by Crippen LogP contribution is 2.32. The zero-order valence-electron chi connectivity index (χ0n) is 18.3.